The first-order valence-electron chi connectivity index (χ1n) is 6.80. The zero-order valence-electron chi connectivity index (χ0n) is 11.1. The van der Waals surface area contributed by atoms with Gasteiger partial charge in [-0.3, -0.25) is 0 Å². The summed E-state index contributed by atoms with van der Waals surface area (Å²) in [5, 5.41) is 10.8. The van der Waals surface area contributed by atoms with Crippen molar-refractivity contribution >= 4 is 0 Å². The molecule has 2 fully saturated rings. The largest absolute Gasteiger partial charge is 0.385 e. The van der Waals surface area contributed by atoms with Crippen molar-refractivity contribution in [2.45, 2.75) is 44.0 Å². The van der Waals surface area contributed by atoms with Crippen LogP contribution in [0.4, 0.5) is 4.39 Å². The van der Waals surface area contributed by atoms with E-state index < -0.39 is 11.4 Å². The molecular formula is C15H19FO3. The molecule has 1 saturated heterocycles. The summed E-state index contributed by atoms with van der Waals surface area (Å²) in [5.74, 6) is -0.719. The van der Waals surface area contributed by atoms with Gasteiger partial charge < -0.3 is 14.6 Å². The van der Waals surface area contributed by atoms with Gasteiger partial charge in [-0.25, -0.2) is 4.39 Å². The predicted molar refractivity (Wildman–Crippen MR) is 68.1 cm³/mol. The number of ether oxygens (including phenoxy) is 2. The molecular weight excluding hydrogens is 247 g/mol. The minimum Gasteiger partial charge on any atom is -0.385 e. The molecule has 3 nitrogen and oxygen atoms in total. The molecule has 1 spiro atoms. The molecule has 19 heavy (non-hydrogen) atoms. The normalized spacial score (nSPS) is 24.8. The van der Waals surface area contributed by atoms with Crippen LogP contribution in [0.3, 0.4) is 0 Å². The topological polar surface area (TPSA) is 38.7 Å². The summed E-state index contributed by atoms with van der Waals surface area (Å²) >= 11 is 0. The van der Waals surface area contributed by atoms with Crippen molar-refractivity contribution in [2.75, 3.05) is 13.2 Å². The first kappa shape index (κ1) is 13.0. The Labute approximate surface area is 112 Å². The second kappa shape index (κ2) is 4.54. The number of aliphatic hydroxyl groups is 1. The van der Waals surface area contributed by atoms with E-state index in [1.54, 1.807) is 19.1 Å². The van der Waals surface area contributed by atoms with Gasteiger partial charge in [0.2, 0.25) is 0 Å². The molecule has 0 bridgehead atoms. The summed E-state index contributed by atoms with van der Waals surface area (Å²) in [6.45, 7) is 2.98. The van der Waals surface area contributed by atoms with Gasteiger partial charge in [-0.05, 0) is 37.0 Å². The summed E-state index contributed by atoms with van der Waals surface area (Å²) < 4.78 is 24.6. The van der Waals surface area contributed by atoms with E-state index in [2.05, 4.69) is 0 Å². The van der Waals surface area contributed by atoms with Gasteiger partial charge >= 0.3 is 0 Å². The first-order chi connectivity index (χ1) is 9.03. The average Bonchev–Trinajstić information content (AvgIpc) is 2.86. The fourth-order valence-corrected chi connectivity index (χ4v) is 3.05. The van der Waals surface area contributed by atoms with E-state index in [0.29, 0.717) is 44.5 Å². The van der Waals surface area contributed by atoms with Gasteiger partial charge in [-0.2, -0.15) is 0 Å². The Morgan fingerprint density at radius 1 is 1.11 bits per heavy atom. The van der Waals surface area contributed by atoms with Crippen LogP contribution < -0.4 is 0 Å². The third kappa shape index (κ3) is 2.29. The van der Waals surface area contributed by atoms with Crippen LogP contribution in [0.1, 0.15) is 36.8 Å². The second-order valence-electron chi connectivity index (χ2n) is 5.60. The van der Waals surface area contributed by atoms with Crippen molar-refractivity contribution in [2.24, 2.45) is 0 Å². The molecule has 1 aromatic rings. The molecule has 0 atom stereocenters. The summed E-state index contributed by atoms with van der Waals surface area (Å²) in [5.41, 5.74) is 0.470. The molecule has 0 aromatic heterocycles. The Morgan fingerprint density at radius 3 is 2.32 bits per heavy atom. The highest BCUT2D eigenvalue weighted by atomic mass is 19.1. The molecule has 3 rings (SSSR count). The molecule has 1 saturated carbocycles. The van der Waals surface area contributed by atoms with Crippen molar-refractivity contribution < 1.29 is 19.0 Å². The minimum atomic E-state index is -0.890. The van der Waals surface area contributed by atoms with Crippen LogP contribution >= 0.6 is 0 Å². The van der Waals surface area contributed by atoms with Crippen molar-refractivity contribution in [1.82, 2.24) is 0 Å². The van der Waals surface area contributed by atoms with Gasteiger partial charge in [0.05, 0.1) is 18.8 Å². The SMILES string of the molecule is Cc1cc(C2(O)CCC3(CC2)OCCO3)ccc1F. The van der Waals surface area contributed by atoms with Crippen LogP contribution in [0.2, 0.25) is 0 Å². The third-order valence-electron chi connectivity index (χ3n) is 4.35. The molecule has 1 aliphatic carbocycles. The van der Waals surface area contributed by atoms with Crippen LogP contribution in [0.15, 0.2) is 18.2 Å². The molecule has 4 heteroatoms. The fraction of sp³-hybridized carbons (Fsp3) is 0.600. The summed E-state index contributed by atoms with van der Waals surface area (Å²) in [6, 6.07) is 4.84. The Balaban J connectivity index is 1.79. The van der Waals surface area contributed by atoms with E-state index in [1.165, 1.54) is 6.07 Å². The maximum Gasteiger partial charge on any atom is 0.168 e. The number of hydrogen-bond donors (Lipinski definition) is 1. The monoisotopic (exact) mass is 266 g/mol. The lowest BCUT2D eigenvalue weighted by Crippen LogP contribution is -2.42. The molecule has 1 heterocycles. The summed E-state index contributed by atoms with van der Waals surface area (Å²) in [6.07, 6.45) is 2.52. The molecule has 1 aliphatic heterocycles. The highest BCUT2D eigenvalue weighted by Crippen LogP contribution is 2.44. The Morgan fingerprint density at radius 2 is 1.74 bits per heavy atom. The van der Waals surface area contributed by atoms with Crippen LogP contribution in [0, 0.1) is 12.7 Å². The summed E-state index contributed by atoms with van der Waals surface area (Å²) in [7, 11) is 0. The van der Waals surface area contributed by atoms with E-state index in [9.17, 15) is 9.50 Å². The zero-order valence-corrected chi connectivity index (χ0v) is 11.1. The first-order valence-corrected chi connectivity index (χ1v) is 6.80. The third-order valence-corrected chi connectivity index (χ3v) is 4.35. The van der Waals surface area contributed by atoms with Gasteiger partial charge in [-0.15, -0.1) is 0 Å². The number of benzene rings is 1. The standard InChI is InChI=1S/C15H19FO3/c1-11-10-12(2-3-13(11)16)14(17)4-6-15(7-5-14)18-8-9-19-15/h2-3,10,17H,4-9H2,1H3. The van der Waals surface area contributed by atoms with Crippen molar-refractivity contribution in [3.8, 4) is 0 Å². The van der Waals surface area contributed by atoms with Crippen molar-refractivity contribution in [3.63, 3.8) is 0 Å². The lowest BCUT2D eigenvalue weighted by Gasteiger charge is -2.40. The Kier molecular flexibility index (Phi) is 3.12. The number of rotatable bonds is 1. The number of hydrogen-bond acceptors (Lipinski definition) is 3. The molecule has 104 valence electrons. The zero-order chi connectivity index (χ0) is 13.5. The average molecular weight is 266 g/mol. The van der Waals surface area contributed by atoms with E-state index in [1.807, 2.05) is 0 Å². The molecule has 0 unspecified atom stereocenters. The molecule has 0 amide bonds. The quantitative estimate of drug-likeness (QED) is 0.849. The van der Waals surface area contributed by atoms with Gasteiger partial charge in [0.25, 0.3) is 0 Å². The molecule has 1 aromatic carbocycles. The van der Waals surface area contributed by atoms with Crippen molar-refractivity contribution in [3.05, 3.63) is 35.1 Å². The van der Waals surface area contributed by atoms with Crippen LogP contribution in [-0.2, 0) is 15.1 Å². The van der Waals surface area contributed by atoms with Crippen LogP contribution in [0.25, 0.3) is 0 Å². The van der Waals surface area contributed by atoms with E-state index in [4.69, 9.17) is 9.47 Å². The molecule has 2 aliphatic rings. The maximum atomic E-state index is 13.3. The number of halogens is 1. The van der Waals surface area contributed by atoms with Gasteiger partial charge in [0.15, 0.2) is 5.79 Å². The lowest BCUT2D eigenvalue weighted by molar-refractivity contribution is -0.204. The molecule has 0 radical (unpaired) electrons. The van der Waals surface area contributed by atoms with Crippen molar-refractivity contribution in [1.29, 1.82) is 0 Å². The van der Waals surface area contributed by atoms with Crippen LogP contribution in [-0.4, -0.2) is 24.1 Å². The van der Waals surface area contributed by atoms with Gasteiger partial charge in [0.1, 0.15) is 5.82 Å². The highest BCUT2D eigenvalue weighted by Gasteiger charge is 2.46. The van der Waals surface area contributed by atoms with Gasteiger partial charge in [0, 0.05) is 12.8 Å². The highest BCUT2D eigenvalue weighted by molar-refractivity contribution is 5.29. The fourth-order valence-electron chi connectivity index (χ4n) is 3.05. The number of aryl methyl sites for hydroxylation is 1. The summed E-state index contributed by atoms with van der Waals surface area (Å²) in [4.78, 5) is 0. The van der Waals surface area contributed by atoms with E-state index >= 15 is 0 Å². The minimum absolute atomic E-state index is 0.234. The second-order valence-corrected chi connectivity index (χ2v) is 5.60. The van der Waals surface area contributed by atoms with Gasteiger partial charge in [-0.1, -0.05) is 12.1 Å². The predicted octanol–water partition coefficient (Wildman–Crippen LogP) is 2.64. The Bertz CT molecular complexity index is 470. The maximum absolute atomic E-state index is 13.3. The smallest absolute Gasteiger partial charge is 0.168 e. The lowest BCUT2D eigenvalue weighted by atomic mass is 9.77. The Hall–Kier alpha value is -0.970. The molecule has 1 N–H and O–H groups in total. The van der Waals surface area contributed by atoms with E-state index in [0.717, 1.165) is 5.56 Å². The van der Waals surface area contributed by atoms with E-state index in [-0.39, 0.29) is 5.82 Å². The van der Waals surface area contributed by atoms with Crippen LogP contribution in [0.5, 0.6) is 0 Å².